The van der Waals surface area contributed by atoms with Gasteiger partial charge in [-0.25, -0.2) is 9.38 Å². The fourth-order valence-corrected chi connectivity index (χ4v) is 4.24. The van der Waals surface area contributed by atoms with Crippen LogP contribution in [0, 0.1) is 5.82 Å². The van der Waals surface area contributed by atoms with Crippen LogP contribution in [0.1, 0.15) is 18.1 Å². The number of hydrogen-bond donors (Lipinski definition) is 1. The van der Waals surface area contributed by atoms with Crippen molar-refractivity contribution in [2.45, 2.75) is 13.5 Å². The number of halogens is 3. The van der Waals surface area contributed by atoms with Crippen LogP contribution in [0.3, 0.4) is 0 Å². The SMILES string of the molecule is CCOc1cc(/C=C2\SC(=Nc3cccc(Cl)c3Cl)NC2=O)ccc1OCc1ccc(F)cc1. The van der Waals surface area contributed by atoms with E-state index in [1.54, 1.807) is 48.5 Å². The second-order valence-electron chi connectivity index (χ2n) is 7.11. The average molecular weight is 517 g/mol. The highest BCUT2D eigenvalue weighted by molar-refractivity contribution is 8.18. The Labute approximate surface area is 210 Å². The molecule has 0 atom stereocenters. The average Bonchev–Trinajstić information content (AvgIpc) is 3.16. The van der Waals surface area contributed by atoms with E-state index in [9.17, 15) is 9.18 Å². The van der Waals surface area contributed by atoms with Crippen molar-refractivity contribution >= 4 is 57.8 Å². The molecule has 1 aliphatic heterocycles. The van der Waals surface area contributed by atoms with Gasteiger partial charge in [-0.1, -0.05) is 47.5 Å². The quantitative estimate of drug-likeness (QED) is 0.343. The summed E-state index contributed by atoms with van der Waals surface area (Å²) >= 11 is 13.4. The molecule has 1 saturated heterocycles. The van der Waals surface area contributed by atoms with Crippen LogP contribution >= 0.6 is 35.0 Å². The number of aliphatic imine (C=N–C) groups is 1. The molecule has 34 heavy (non-hydrogen) atoms. The number of nitrogens with zero attached hydrogens (tertiary/aromatic N) is 1. The Balaban J connectivity index is 1.52. The lowest BCUT2D eigenvalue weighted by atomic mass is 10.2. The number of benzene rings is 3. The molecule has 0 unspecified atom stereocenters. The minimum absolute atomic E-state index is 0.267. The maximum Gasteiger partial charge on any atom is 0.264 e. The third-order valence-corrected chi connectivity index (χ3v) is 6.40. The van der Waals surface area contributed by atoms with Gasteiger partial charge in [-0.2, -0.15) is 0 Å². The van der Waals surface area contributed by atoms with Crippen molar-refractivity contribution in [3.05, 3.63) is 92.6 Å². The summed E-state index contributed by atoms with van der Waals surface area (Å²) in [5.41, 5.74) is 2.07. The Morgan fingerprint density at radius 1 is 1.06 bits per heavy atom. The number of carbonyl (C=O) groups is 1. The van der Waals surface area contributed by atoms with Crippen LogP contribution in [-0.2, 0) is 11.4 Å². The fraction of sp³-hybridized carbons (Fsp3) is 0.120. The monoisotopic (exact) mass is 516 g/mol. The molecule has 1 aliphatic rings. The smallest absolute Gasteiger partial charge is 0.264 e. The predicted molar refractivity (Wildman–Crippen MR) is 136 cm³/mol. The fourth-order valence-electron chi connectivity index (χ4n) is 3.06. The van der Waals surface area contributed by atoms with E-state index >= 15 is 0 Å². The van der Waals surface area contributed by atoms with Gasteiger partial charge in [0.05, 0.1) is 27.2 Å². The minimum Gasteiger partial charge on any atom is -0.490 e. The number of thioether (sulfide) groups is 1. The number of nitrogens with one attached hydrogen (secondary N) is 1. The van der Waals surface area contributed by atoms with E-state index in [1.165, 1.54) is 23.9 Å². The normalized spacial score (nSPS) is 15.6. The predicted octanol–water partition coefficient (Wildman–Crippen LogP) is 7.00. The number of rotatable bonds is 7. The number of amides is 1. The van der Waals surface area contributed by atoms with Crippen LogP contribution in [-0.4, -0.2) is 17.7 Å². The molecule has 0 aliphatic carbocycles. The van der Waals surface area contributed by atoms with Crippen molar-refractivity contribution in [1.82, 2.24) is 5.32 Å². The van der Waals surface area contributed by atoms with E-state index in [-0.39, 0.29) is 18.3 Å². The van der Waals surface area contributed by atoms with Gasteiger partial charge >= 0.3 is 0 Å². The van der Waals surface area contributed by atoms with Gasteiger partial charge < -0.3 is 14.8 Å². The van der Waals surface area contributed by atoms with Crippen molar-refractivity contribution in [2.75, 3.05) is 6.61 Å². The Bertz CT molecular complexity index is 1280. The Morgan fingerprint density at radius 3 is 2.62 bits per heavy atom. The first-order valence-electron chi connectivity index (χ1n) is 10.3. The molecule has 174 valence electrons. The zero-order valence-corrected chi connectivity index (χ0v) is 20.3. The Hall–Kier alpha value is -3.00. The molecule has 0 spiro atoms. The lowest BCUT2D eigenvalue weighted by molar-refractivity contribution is -0.115. The molecule has 4 rings (SSSR count). The molecule has 9 heteroatoms. The molecular formula is C25H19Cl2FN2O3S. The van der Waals surface area contributed by atoms with Crippen molar-refractivity contribution in [2.24, 2.45) is 4.99 Å². The topological polar surface area (TPSA) is 59.9 Å². The molecule has 0 radical (unpaired) electrons. The van der Waals surface area contributed by atoms with E-state index < -0.39 is 0 Å². The highest BCUT2D eigenvalue weighted by atomic mass is 35.5. The first-order valence-corrected chi connectivity index (χ1v) is 11.9. The van der Waals surface area contributed by atoms with Crippen LogP contribution in [0.15, 0.2) is 70.6 Å². The van der Waals surface area contributed by atoms with Crippen LogP contribution in [0.2, 0.25) is 10.0 Å². The molecule has 3 aromatic rings. The van der Waals surface area contributed by atoms with Gasteiger partial charge in [0, 0.05) is 0 Å². The molecule has 3 aromatic carbocycles. The van der Waals surface area contributed by atoms with Gasteiger partial charge in [0.15, 0.2) is 16.7 Å². The summed E-state index contributed by atoms with van der Waals surface area (Å²) in [6.45, 7) is 2.59. The summed E-state index contributed by atoms with van der Waals surface area (Å²) in [6, 6.07) is 16.6. The third kappa shape index (κ3) is 5.91. The van der Waals surface area contributed by atoms with E-state index in [4.69, 9.17) is 32.7 Å². The Kier molecular flexibility index (Phi) is 7.77. The molecular weight excluding hydrogens is 498 g/mol. The number of ether oxygens (including phenoxy) is 2. The second-order valence-corrected chi connectivity index (χ2v) is 8.92. The van der Waals surface area contributed by atoms with Crippen LogP contribution in [0.5, 0.6) is 11.5 Å². The van der Waals surface area contributed by atoms with E-state index in [2.05, 4.69) is 10.3 Å². The van der Waals surface area contributed by atoms with Crippen LogP contribution < -0.4 is 14.8 Å². The van der Waals surface area contributed by atoms with E-state index in [0.29, 0.717) is 43.9 Å². The highest BCUT2D eigenvalue weighted by Crippen LogP contribution is 2.35. The number of amidine groups is 1. The van der Waals surface area contributed by atoms with Crippen LogP contribution in [0.4, 0.5) is 10.1 Å². The van der Waals surface area contributed by atoms with Crippen molar-refractivity contribution in [3.8, 4) is 11.5 Å². The first-order chi connectivity index (χ1) is 16.4. The number of hydrogen-bond acceptors (Lipinski definition) is 5. The zero-order chi connectivity index (χ0) is 24.1. The maximum atomic E-state index is 13.1. The molecule has 0 bridgehead atoms. The summed E-state index contributed by atoms with van der Waals surface area (Å²) < 4.78 is 24.7. The maximum absolute atomic E-state index is 13.1. The van der Waals surface area contributed by atoms with Gasteiger partial charge in [0.1, 0.15) is 12.4 Å². The van der Waals surface area contributed by atoms with Gasteiger partial charge in [0.2, 0.25) is 0 Å². The summed E-state index contributed by atoms with van der Waals surface area (Å²) in [5, 5.41) is 3.85. The Morgan fingerprint density at radius 2 is 1.85 bits per heavy atom. The summed E-state index contributed by atoms with van der Waals surface area (Å²) in [5.74, 6) is 0.530. The second kappa shape index (κ2) is 11.0. The zero-order valence-electron chi connectivity index (χ0n) is 18.0. The van der Waals surface area contributed by atoms with E-state index in [0.717, 1.165) is 11.1 Å². The van der Waals surface area contributed by atoms with Gasteiger partial charge in [-0.15, -0.1) is 0 Å². The largest absolute Gasteiger partial charge is 0.490 e. The van der Waals surface area contributed by atoms with E-state index in [1.807, 2.05) is 13.0 Å². The van der Waals surface area contributed by atoms with Crippen LogP contribution in [0.25, 0.3) is 6.08 Å². The molecule has 5 nitrogen and oxygen atoms in total. The minimum atomic E-state index is -0.297. The molecule has 1 N–H and O–H groups in total. The third-order valence-electron chi connectivity index (χ3n) is 4.68. The molecule has 0 saturated carbocycles. The van der Waals surface area contributed by atoms with Gasteiger partial charge in [-0.3, -0.25) is 4.79 Å². The molecule has 1 fully saturated rings. The summed E-state index contributed by atoms with van der Waals surface area (Å²) in [7, 11) is 0. The first kappa shape index (κ1) is 24.1. The molecule has 0 aromatic heterocycles. The standard InChI is InChI=1S/C25H19Cl2FN2O3S/c1-2-32-21-12-16(8-11-20(21)33-14-15-6-9-17(28)10-7-15)13-22-24(31)30-25(34-22)29-19-5-3-4-18(26)23(19)27/h3-13H,2,14H2,1H3,(H,29,30,31)/b22-13-. The number of carbonyl (C=O) groups excluding carboxylic acids is 1. The summed E-state index contributed by atoms with van der Waals surface area (Å²) in [6.07, 6.45) is 1.74. The highest BCUT2D eigenvalue weighted by Gasteiger charge is 2.24. The lowest BCUT2D eigenvalue weighted by Crippen LogP contribution is -2.19. The lowest BCUT2D eigenvalue weighted by Gasteiger charge is -2.13. The molecule has 1 amide bonds. The van der Waals surface area contributed by atoms with Gasteiger partial charge in [-0.05, 0) is 72.3 Å². The molecule has 1 heterocycles. The van der Waals surface area contributed by atoms with Crippen molar-refractivity contribution in [3.63, 3.8) is 0 Å². The van der Waals surface area contributed by atoms with Gasteiger partial charge in [0.25, 0.3) is 5.91 Å². The summed E-state index contributed by atoms with van der Waals surface area (Å²) in [4.78, 5) is 17.3. The van der Waals surface area contributed by atoms with Crippen molar-refractivity contribution < 1.29 is 18.7 Å². The van der Waals surface area contributed by atoms with Crippen molar-refractivity contribution in [1.29, 1.82) is 0 Å².